The molecule has 1 amide bonds. The molecule has 1 rings (SSSR count). The molecule has 1 heterocycles. The summed E-state index contributed by atoms with van der Waals surface area (Å²) in [6.45, 7) is 7.26. The Morgan fingerprint density at radius 2 is 1.80 bits per heavy atom. The van der Waals surface area contributed by atoms with E-state index in [1.807, 2.05) is 0 Å². The van der Waals surface area contributed by atoms with Crippen LogP contribution in [0.15, 0.2) is 0 Å². The van der Waals surface area contributed by atoms with Crippen molar-refractivity contribution >= 4 is 26.5 Å². The van der Waals surface area contributed by atoms with Crippen molar-refractivity contribution in [2.45, 2.75) is 54.6 Å². The number of rotatable bonds is 8. The zero-order valence-electron chi connectivity index (χ0n) is 13.5. The molecule has 0 aromatic carbocycles. The first-order chi connectivity index (χ1) is 8.88. The van der Waals surface area contributed by atoms with Gasteiger partial charge in [-0.05, 0) is 0 Å². The first-order valence-electron chi connectivity index (χ1n) is 7.45. The van der Waals surface area contributed by atoms with E-state index in [9.17, 15) is 14.3 Å². The van der Waals surface area contributed by atoms with Gasteiger partial charge in [-0.1, -0.05) is 0 Å². The van der Waals surface area contributed by atoms with Crippen molar-refractivity contribution < 1.29 is 43.8 Å². The summed E-state index contributed by atoms with van der Waals surface area (Å²) in [4.78, 5) is 25.2. The summed E-state index contributed by atoms with van der Waals surface area (Å²) in [5.41, 5.74) is 0. The van der Waals surface area contributed by atoms with Crippen LogP contribution in [0, 0.1) is 0 Å². The van der Waals surface area contributed by atoms with Gasteiger partial charge in [-0.15, -0.1) is 0 Å². The summed E-state index contributed by atoms with van der Waals surface area (Å²) < 4.78 is 12.2. The molecule has 0 saturated carbocycles. The number of hydrogen-bond donors (Lipinski definition) is 0. The molecule has 0 aromatic rings. The Morgan fingerprint density at radius 1 is 1.25 bits per heavy atom. The Hall–Kier alpha value is 1.20. The van der Waals surface area contributed by atoms with Gasteiger partial charge < -0.3 is 0 Å². The minimum absolute atomic E-state index is 0. The average Bonchev–Trinajstić information content (AvgIpc) is 2.77. The molecular weight excluding hydrogens is 345 g/mol. The van der Waals surface area contributed by atoms with Crippen molar-refractivity contribution in [3.8, 4) is 0 Å². The summed E-state index contributed by atoms with van der Waals surface area (Å²) in [6, 6.07) is 0. The summed E-state index contributed by atoms with van der Waals surface area (Å²) in [6.07, 6.45) is 1.60. The van der Waals surface area contributed by atoms with Crippen molar-refractivity contribution in [2.24, 2.45) is 0 Å². The van der Waals surface area contributed by atoms with Gasteiger partial charge in [0.15, 0.2) is 0 Å². The predicted molar refractivity (Wildman–Crippen MR) is 80.3 cm³/mol. The van der Waals surface area contributed by atoms with Crippen molar-refractivity contribution in [1.29, 1.82) is 0 Å². The Balaban J connectivity index is 0.00000361. The van der Waals surface area contributed by atoms with Crippen LogP contribution in [-0.2, 0) is 9.36 Å². The SMILES string of the molecule is C[CH2][Ge]([CH2]C)([CH2]C)[CH2]CP(=O)([O-])CN1CCCC1=O.[Na+]. The van der Waals surface area contributed by atoms with E-state index in [4.69, 9.17) is 0 Å². The van der Waals surface area contributed by atoms with Crippen molar-refractivity contribution in [2.75, 3.05) is 19.0 Å². The molecule has 0 aromatic heterocycles. The van der Waals surface area contributed by atoms with Gasteiger partial charge in [0.25, 0.3) is 0 Å². The van der Waals surface area contributed by atoms with E-state index in [1.165, 1.54) is 20.7 Å². The zero-order valence-corrected chi connectivity index (χ0v) is 18.5. The molecule has 4 nitrogen and oxygen atoms in total. The third kappa shape index (κ3) is 6.14. The second-order valence-corrected chi connectivity index (χ2v) is 19.9. The molecule has 1 aliphatic rings. The van der Waals surface area contributed by atoms with Crippen LogP contribution in [0.25, 0.3) is 0 Å². The topological polar surface area (TPSA) is 60.4 Å². The van der Waals surface area contributed by atoms with Crippen LogP contribution in [0.5, 0.6) is 0 Å². The molecule has 0 aliphatic carbocycles. The Morgan fingerprint density at radius 3 is 2.20 bits per heavy atom. The number of hydrogen-bond acceptors (Lipinski definition) is 3. The first-order valence-corrected chi connectivity index (χ1v) is 15.4. The van der Waals surface area contributed by atoms with Gasteiger partial charge in [0.1, 0.15) is 0 Å². The standard InChI is InChI=1S/C13H28GeNO3P.Na/c1-4-14(5-2,6-3)9-11-19(17,18)12-15-10-7-8-13(15)16;/h4-12H2,1-3H3,(H,17,18);/q;+1/p-1. The Bertz CT molecular complexity index is 355. The number of likely N-dealkylation sites (tertiary alicyclic amines) is 1. The monoisotopic (exact) mass is 373 g/mol. The molecule has 20 heavy (non-hydrogen) atoms. The largest absolute Gasteiger partial charge is 1.00 e. The van der Waals surface area contributed by atoms with Crippen LogP contribution < -0.4 is 34.5 Å². The van der Waals surface area contributed by atoms with Crippen LogP contribution in [-0.4, -0.2) is 43.1 Å². The van der Waals surface area contributed by atoms with Crippen LogP contribution in [0.1, 0.15) is 33.6 Å². The fourth-order valence-electron chi connectivity index (χ4n) is 2.87. The number of amides is 1. The van der Waals surface area contributed by atoms with Gasteiger partial charge in [0.2, 0.25) is 0 Å². The van der Waals surface area contributed by atoms with Gasteiger partial charge in [-0.25, -0.2) is 0 Å². The fourth-order valence-corrected chi connectivity index (χ4v) is 15.2. The number of carbonyl (C=O) groups is 1. The smallest absolute Gasteiger partial charge is 1.00 e. The van der Waals surface area contributed by atoms with Gasteiger partial charge >= 0.3 is 149 Å². The molecule has 0 spiro atoms. The summed E-state index contributed by atoms with van der Waals surface area (Å²) in [7, 11) is -3.41. The van der Waals surface area contributed by atoms with Gasteiger partial charge in [0, 0.05) is 0 Å². The average molecular weight is 372 g/mol. The molecular formula is C13H27GeNNaO3P. The predicted octanol–water partition coefficient (Wildman–Crippen LogP) is -0.283. The summed E-state index contributed by atoms with van der Waals surface area (Å²) in [5.74, 6) is 0.00495. The molecule has 0 N–H and O–H groups in total. The number of nitrogens with zero attached hydrogens (tertiary/aromatic N) is 1. The van der Waals surface area contributed by atoms with Crippen LogP contribution in [0.3, 0.4) is 0 Å². The van der Waals surface area contributed by atoms with E-state index in [1.54, 1.807) is 0 Å². The fraction of sp³-hybridized carbons (Fsp3) is 0.923. The maximum Gasteiger partial charge on any atom is 1.00 e. The third-order valence-electron chi connectivity index (χ3n) is 4.79. The molecule has 1 aliphatic heterocycles. The molecule has 1 atom stereocenters. The van der Waals surface area contributed by atoms with E-state index in [0.29, 0.717) is 19.1 Å². The Labute approximate surface area is 148 Å². The Kier molecular flexibility index (Phi) is 9.93. The molecule has 0 radical (unpaired) electrons. The minimum atomic E-state index is -3.41. The molecule has 1 fully saturated rings. The molecule has 1 saturated heterocycles. The first kappa shape index (κ1) is 21.2. The van der Waals surface area contributed by atoms with Crippen LogP contribution in [0.4, 0.5) is 0 Å². The second-order valence-electron chi connectivity index (χ2n) is 5.75. The number of carbonyl (C=O) groups excluding carboxylic acids is 1. The van der Waals surface area contributed by atoms with Gasteiger partial charge in [0.05, 0.1) is 0 Å². The third-order valence-corrected chi connectivity index (χ3v) is 19.5. The van der Waals surface area contributed by atoms with E-state index >= 15 is 0 Å². The summed E-state index contributed by atoms with van der Waals surface area (Å²) in [5, 5.41) is 4.52. The maximum atomic E-state index is 12.2. The molecule has 1 unspecified atom stereocenters. The van der Waals surface area contributed by atoms with Crippen molar-refractivity contribution in [1.82, 2.24) is 4.90 Å². The van der Waals surface area contributed by atoms with Crippen LogP contribution in [0.2, 0.25) is 21.0 Å². The molecule has 112 valence electrons. The van der Waals surface area contributed by atoms with E-state index in [-0.39, 0.29) is 41.8 Å². The van der Waals surface area contributed by atoms with Crippen molar-refractivity contribution in [3.63, 3.8) is 0 Å². The molecule has 7 heteroatoms. The van der Waals surface area contributed by atoms with E-state index in [0.717, 1.165) is 11.7 Å². The zero-order chi connectivity index (χ0) is 14.5. The van der Waals surface area contributed by atoms with Gasteiger partial charge in [-0.3, -0.25) is 0 Å². The van der Waals surface area contributed by atoms with E-state index < -0.39 is 20.6 Å². The molecule has 0 bridgehead atoms. The second kappa shape index (κ2) is 9.37. The summed E-state index contributed by atoms with van der Waals surface area (Å²) >= 11 is -1.91. The van der Waals surface area contributed by atoms with Gasteiger partial charge in [-0.2, -0.15) is 0 Å². The quantitative estimate of drug-likeness (QED) is 0.435. The minimum Gasteiger partial charge on any atom is 1.00 e. The van der Waals surface area contributed by atoms with E-state index in [2.05, 4.69) is 20.8 Å². The maximum absolute atomic E-state index is 12.2. The normalized spacial score (nSPS) is 18.8. The van der Waals surface area contributed by atoms with Crippen LogP contribution >= 0.6 is 7.37 Å². The van der Waals surface area contributed by atoms with Crippen molar-refractivity contribution in [3.05, 3.63) is 0 Å².